The zero-order valence-electron chi connectivity index (χ0n) is 12.5. The van der Waals surface area contributed by atoms with Crippen LogP contribution in [0.2, 0.25) is 0 Å². The fourth-order valence-corrected chi connectivity index (χ4v) is 4.69. The zero-order valence-corrected chi connectivity index (χ0v) is 13.3. The van der Waals surface area contributed by atoms with Crippen molar-refractivity contribution in [2.45, 2.75) is 17.7 Å². The summed E-state index contributed by atoms with van der Waals surface area (Å²) in [6, 6.07) is 7.45. The third-order valence-electron chi connectivity index (χ3n) is 4.07. The molecule has 2 aliphatic heterocycles. The summed E-state index contributed by atoms with van der Waals surface area (Å²) in [7, 11) is 0.849. The first-order valence-electron chi connectivity index (χ1n) is 7.36. The van der Waals surface area contributed by atoms with Gasteiger partial charge in [-0.25, -0.2) is 4.79 Å². The molecule has 0 saturated carbocycles. The van der Waals surface area contributed by atoms with Crippen LogP contribution in [0.25, 0.3) is 0 Å². The van der Waals surface area contributed by atoms with Gasteiger partial charge >= 0.3 is 6.03 Å². The summed E-state index contributed by atoms with van der Waals surface area (Å²) in [4.78, 5) is 13.9. The molecule has 1 aromatic rings. The van der Waals surface area contributed by atoms with Gasteiger partial charge in [0.15, 0.2) is 11.5 Å². The number of hydrogen-bond donors (Lipinski definition) is 1. The van der Waals surface area contributed by atoms with Gasteiger partial charge in [0.05, 0.1) is 18.9 Å². The highest BCUT2D eigenvalue weighted by Gasteiger charge is 2.45. The van der Waals surface area contributed by atoms with Gasteiger partial charge < -0.3 is 19.7 Å². The van der Waals surface area contributed by atoms with Crippen LogP contribution in [0.3, 0.4) is 0 Å². The molecule has 2 heterocycles. The number of urea groups is 1. The van der Waals surface area contributed by atoms with Gasteiger partial charge in [-0.3, -0.25) is 4.21 Å². The molecule has 0 spiro atoms. The Balaban J connectivity index is 1.42. The first-order valence-corrected chi connectivity index (χ1v) is 8.74. The van der Waals surface area contributed by atoms with Crippen LogP contribution in [0.15, 0.2) is 24.3 Å². The Morgan fingerprint density at radius 1 is 1.41 bits per heavy atom. The van der Waals surface area contributed by atoms with Crippen LogP contribution < -0.4 is 14.8 Å². The highest BCUT2D eigenvalue weighted by Crippen LogP contribution is 2.30. The highest BCUT2D eigenvalue weighted by atomic mass is 32.2. The molecule has 2 saturated heterocycles. The molecule has 0 radical (unpaired) electrons. The lowest BCUT2D eigenvalue weighted by Crippen LogP contribution is -2.48. The molecule has 1 aromatic carbocycles. The van der Waals surface area contributed by atoms with Crippen molar-refractivity contribution >= 4 is 16.8 Å². The molecule has 1 N–H and O–H groups in total. The Morgan fingerprint density at radius 3 is 2.82 bits per heavy atom. The number of carbonyl (C=O) groups is 1. The Labute approximate surface area is 132 Å². The molecular formula is C15H20N2O4S. The smallest absolute Gasteiger partial charge is 0.317 e. The maximum absolute atomic E-state index is 12.1. The van der Waals surface area contributed by atoms with Gasteiger partial charge in [0, 0.05) is 29.1 Å². The van der Waals surface area contributed by atoms with Crippen molar-refractivity contribution in [1.29, 1.82) is 0 Å². The molecule has 2 aliphatic rings. The highest BCUT2D eigenvalue weighted by molar-refractivity contribution is 7.86. The van der Waals surface area contributed by atoms with E-state index in [9.17, 15) is 9.00 Å². The number of nitrogens with one attached hydrogen (secondary N) is 1. The summed E-state index contributed by atoms with van der Waals surface area (Å²) >= 11 is 0. The van der Waals surface area contributed by atoms with E-state index in [0.717, 1.165) is 6.42 Å². The average Bonchev–Trinajstić information content (AvgIpc) is 3.11. The monoisotopic (exact) mass is 324 g/mol. The lowest BCUT2D eigenvalue weighted by Gasteiger charge is -2.26. The van der Waals surface area contributed by atoms with Crippen LogP contribution in [0.5, 0.6) is 11.5 Å². The number of amides is 2. The molecule has 7 heteroatoms. The van der Waals surface area contributed by atoms with Gasteiger partial charge in [0.2, 0.25) is 0 Å². The summed E-state index contributed by atoms with van der Waals surface area (Å²) in [5, 5.41) is 3.02. The third kappa shape index (κ3) is 3.04. The van der Waals surface area contributed by atoms with Crippen molar-refractivity contribution in [3.05, 3.63) is 24.3 Å². The fraction of sp³-hybridized carbons (Fsp3) is 0.533. The summed E-state index contributed by atoms with van der Waals surface area (Å²) in [5.74, 6) is 1.96. The average molecular weight is 324 g/mol. The number of ether oxygens (including phenoxy) is 2. The molecule has 2 fully saturated rings. The first-order chi connectivity index (χ1) is 10.7. The number of methoxy groups -OCH3 is 1. The minimum absolute atomic E-state index is 0.0900. The van der Waals surface area contributed by atoms with E-state index in [1.165, 1.54) is 0 Å². The Kier molecular flexibility index (Phi) is 4.52. The second kappa shape index (κ2) is 6.56. The van der Waals surface area contributed by atoms with E-state index >= 15 is 0 Å². The maximum Gasteiger partial charge on any atom is 0.317 e. The van der Waals surface area contributed by atoms with E-state index in [1.54, 1.807) is 12.0 Å². The summed E-state index contributed by atoms with van der Waals surface area (Å²) in [6.45, 7) is 1.41. The number of hydrogen-bond acceptors (Lipinski definition) is 4. The number of para-hydroxylation sites is 2. The lowest BCUT2D eigenvalue weighted by atomic mass is 10.2. The van der Waals surface area contributed by atoms with Gasteiger partial charge in [-0.1, -0.05) is 12.1 Å². The largest absolute Gasteiger partial charge is 0.493 e. The molecule has 2 bridgehead atoms. The van der Waals surface area contributed by atoms with E-state index in [4.69, 9.17) is 9.47 Å². The first kappa shape index (κ1) is 15.1. The molecule has 2 amide bonds. The van der Waals surface area contributed by atoms with Crippen LogP contribution in [0, 0.1) is 0 Å². The Morgan fingerprint density at radius 2 is 2.18 bits per heavy atom. The molecule has 1 unspecified atom stereocenters. The maximum atomic E-state index is 12.1. The van der Waals surface area contributed by atoms with Crippen LogP contribution in [-0.2, 0) is 10.8 Å². The normalized spacial score (nSPS) is 26.0. The van der Waals surface area contributed by atoms with Crippen molar-refractivity contribution in [2.75, 3.05) is 32.6 Å². The molecule has 120 valence electrons. The Hall–Kier alpha value is -1.76. The van der Waals surface area contributed by atoms with Gasteiger partial charge in [-0.15, -0.1) is 0 Å². The van der Waals surface area contributed by atoms with Crippen LogP contribution >= 0.6 is 0 Å². The summed E-state index contributed by atoms with van der Waals surface area (Å²) in [6.07, 6.45) is 0.873. The number of benzene rings is 1. The van der Waals surface area contributed by atoms with Gasteiger partial charge in [-0.05, 0) is 18.6 Å². The van der Waals surface area contributed by atoms with E-state index in [2.05, 4.69) is 5.32 Å². The standard InChI is InChI=1S/C15H20N2O4S/c1-20-13-4-2-3-5-14(13)21-7-6-16-15(18)17-9-12-8-11(17)10-22(12)19/h2-5,11-12H,6-10H2,1H3,(H,16,18)/t11-,12-,22?/m0/s1. The molecule has 22 heavy (non-hydrogen) atoms. The SMILES string of the molecule is COc1ccccc1OCCNC(=O)N1C[C@@H]2C[C@H]1CS2=O. The van der Waals surface area contributed by atoms with Crippen LogP contribution in [0.1, 0.15) is 6.42 Å². The molecular weight excluding hydrogens is 304 g/mol. The lowest BCUT2D eigenvalue weighted by molar-refractivity contribution is 0.192. The molecule has 6 nitrogen and oxygen atoms in total. The molecule has 3 rings (SSSR count). The Bertz CT molecular complexity index is 580. The summed E-state index contributed by atoms with van der Waals surface area (Å²) < 4.78 is 22.4. The van der Waals surface area contributed by atoms with E-state index in [0.29, 0.717) is 36.9 Å². The summed E-state index contributed by atoms with van der Waals surface area (Å²) in [5.41, 5.74) is 0. The third-order valence-corrected chi connectivity index (χ3v) is 5.87. The molecule has 3 atom stereocenters. The minimum Gasteiger partial charge on any atom is -0.493 e. The van der Waals surface area contributed by atoms with Gasteiger partial charge in [0.1, 0.15) is 6.61 Å². The van der Waals surface area contributed by atoms with Crippen molar-refractivity contribution in [3.8, 4) is 11.5 Å². The van der Waals surface area contributed by atoms with E-state index < -0.39 is 10.8 Å². The molecule has 0 aliphatic carbocycles. The van der Waals surface area contributed by atoms with Crippen molar-refractivity contribution < 1.29 is 18.5 Å². The van der Waals surface area contributed by atoms with Crippen LogP contribution in [0.4, 0.5) is 4.79 Å². The zero-order chi connectivity index (χ0) is 15.5. The predicted octanol–water partition coefficient (Wildman–Crippen LogP) is 0.989. The van der Waals surface area contributed by atoms with Gasteiger partial charge in [0.25, 0.3) is 0 Å². The van der Waals surface area contributed by atoms with E-state index in [-0.39, 0.29) is 17.3 Å². The van der Waals surface area contributed by atoms with E-state index in [1.807, 2.05) is 24.3 Å². The fourth-order valence-electron chi connectivity index (χ4n) is 2.96. The number of nitrogens with zero attached hydrogens (tertiary/aromatic N) is 1. The van der Waals surface area contributed by atoms with Crippen LogP contribution in [-0.4, -0.2) is 59.0 Å². The van der Waals surface area contributed by atoms with Crippen molar-refractivity contribution in [1.82, 2.24) is 10.2 Å². The second-order valence-corrected chi connectivity index (χ2v) is 7.20. The number of likely N-dealkylation sites (tertiary alicyclic amines) is 1. The topological polar surface area (TPSA) is 67.9 Å². The second-order valence-electron chi connectivity index (χ2n) is 5.44. The predicted molar refractivity (Wildman–Crippen MR) is 83.8 cm³/mol. The number of carbonyl (C=O) groups excluding carboxylic acids is 1. The molecule has 0 aromatic heterocycles. The van der Waals surface area contributed by atoms with Gasteiger partial charge in [-0.2, -0.15) is 0 Å². The van der Waals surface area contributed by atoms with Crippen molar-refractivity contribution in [3.63, 3.8) is 0 Å². The minimum atomic E-state index is -0.744. The number of rotatable bonds is 5. The number of fused-ring (bicyclic) bond motifs is 2. The van der Waals surface area contributed by atoms with Crippen molar-refractivity contribution in [2.24, 2.45) is 0 Å². The quantitative estimate of drug-likeness (QED) is 0.820.